The molecule has 0 unspecified atom stereocenters. The molecule has 1 heterocycles. The molecule has 1 aliphatic carbocycles. The van der Waals surface area contributed by atoms with Crippen molar-refractivity contribution >= 4 is 11.9 Å². The Labute approximate surface area is 144 Å². The molecule has 3 amide bonds. The molecule has 0 atom stereocenters. The standard InChI is InChI=1S/C19H27N3O2/c1-21(19(24)20-17-9-3-2-4-10-17)14-18(23)22-12-11-15-7-5-6-8-16(15)13-22/h5-8,17H,2-4,9-14H2,1H3,(H,20,24). The molecule has 0 aromatic heterocycles. The Hall–Kier alpha value is -2.04. The van der Waals surface area contributed by atoms with E-state index >= 15 is 0 Å². The van der Waals surface area contributed by atoms with Gasteiger partial charge in [-0.3, -0.25) is 4.79 Å². The zero-order chi connectivity index (χ0) is 16.9. The summed E-state index contributed by atoms with van der Waals surface area (Å²) in [5.74, 6) is 0.0193. The second-order valence-electron chi connectivity index (χ2n) is 6.97. The molecule has 1 aromatic carbocycles. The Morgan fingerprint density at radius 3 is 2.62 bits per heavy atom. The van der Waals surface area contributed by atoms with Gasteiger partial charge in [0.1, 0.15) is 6.54 Å². The number of fused-ring (bicyclic) bond motifs is 1. The first kappa shape index (κ1) is 16.8. The molecule has 2 aliphatic rings. The molecule has 0 saturated heterocycles. The van der Waals surface area contributed by atoms with Gasteiger partial charge in [-0.1, -0.05) is 43.5 Å². The quantitative estimate of drug-likeness (QED) is 0.926. The van der Waals surface area contributed by atoms with Crippen LogP contribution in [0.15, 0.2) is 24.3 Å². The number of hydrogen-bond donors (Lipinski definition) is 1. The SMILES string of the molecule is CN(CC(=O)N1CCc2ccccc2C1)C(=O)NC1CCCCC1. The molecular weight excluding hydrogens is 302 g/mol. The van der Waals surface area contributed by atoms with E-state index < -0.39 is 0 Å². The number of carbonyl (C=O) groups excluding carboxylic acids is 2. The van der Waals surface area contributed by atoms with Crippen molar-refractivity contribution in [3.63, 3.8) is 0 Å². The van der Waals surface area contributed by atoms with Gasteiger partial charge in [-0.15, -0.1) is 0 Å². The van der Waals surface area contributed by atoms with Crippen molar-refractivity contribution in [3.05, 3.63) is 35.4 Å². The number of nitrogens with one attached hydrogen (secondary N) is 1. The van der Waals surface area contributed by atoms with Gasteiger partial charge in [-0.05, 0) is 30.4 Å². The van der Waals surface area contributed by atoms with Crippen LogP contribution in [0.1, 0.15) is 43.2 Å². The second kappa shape index (κ2) is 7.69. The lowest BCUT2D eigenvalue weighted by atomic mass is 9.96. The third kappa shape index (κ3) is 4.08. The fourth-order valence-electron chi connectivity index (χ4n) is 3.62. The van der Waals surface area contributed by atoms with Crippen molar-refractivity contribution in [2.24, 2.45) is 0 Å². The monoisotopic (exact) mass is 329 g/mol. The van der Waals surface area contributed by atoms with Crippen molar-refractivity contribution in [2.75, 3.05) is 20.1 Å². The second-order valence-corrected chi connectivity index (χ2v) is 6.97. The molecule has 0 radical (unpaired) electrons. The van der Waals surface area contributed by atoms with Gasteiger partial charge in [0.2, 0.25) is 5.91 Å². The van der Waals surface area contributed by atoms with Crippen LogP contribution in [0.5, 0.6) is 0 Å². The summed E-state index contributed by atoms with van der Waals surface area (Å²) >= 11 is 0. The summed E-state index contributed by atoms with van der Waals surface area (Å²) in [6, 6.07) is 8.39. The van der Waals surface area contributed by atoms with Gasteiger partial charge in [-0.25, -0.2) is 4.79 Å². The van der Waals surface area contributed by atoms with Crippen molar-refractivity contribution in [3.8, 4) is 0 Å². The zero-order valence-corrected chi connectivity index (χ0v) is 14.5. The molecule has 1 aromatic rings. The minimum absolute atomic E-state index is 0.0193. The van der Waals surface area contributed by atoms with Crippen LogP contribution in [0.25, 0.3) is 0 Å². The van der Waals surface area contributed by atoms with Crippen molar-refractivity contribution in [1.82, 2.24) is 15.1 Å². The van der Waals surface area contributed by atoms with E-state index in [4.69, 9.17) is 0 Å². The highest BCUT2D eigenvalue weighted by Crippen LogP contribution is 2.19. The van der Waals surface area contributed by atoms with Gasteiger partial charge >= 0.3 is 6.03 Å². The van der Waals surface area contributed by atoms with E-state index in [-0.39, 0.29) is 24.5 Å². The van der Waals surface area contributed by atoms with Crippen LogP contribution in [0.4, 0.5) is 4.79 Å². The number of carbonyl (C=O) groups is 2. The fraction of sp³-hybridized carbons (Fsp3) is 0.579. The Kier molecular flexibility index (Phi) is 5.38. The lowest BCUT2D eigenvalue weighted by Gasteiger charge is -2.31. The van der Waals surface area contributed by atoms with Gasteiger partial charge in [0.05, 0.1) is 0 Å². The van der Waals surface area contributed by atoms with E-state index in [2.05, 4.69) is 17.4 Å². The van der Waals surface area contributed by atoms with Crippen LogP contribution < -0.4 is 5.32 Å². The van der Waals surface area contributed by atoms with Gasteiger partial charge < -0.3 is 15.1 Å². The highest BCUT2D eigenvalue weighted by molar-refractivity contribution is 5.84. The van der Waals surface area contributed by atoms with Crippen LogP contribution in [-0.4, -0.2) is 47.9 Å². The first-order chi connectivity index (χ1) is 11.6. The van der Waals surface area contributed by atoms with E-state index in [0.29, 0.717) is 6.54 Å². The molecule has 130 valence electrons. The Bertz CT molecular complexity index is 596. The maximum absolute atomic E-state index is 12.5. The van der Waals surface area contributed by atoms with Crippen LogP contribution in [0.2, 0.25) is 0 Å². The van der Waals surface area contributed by atoms with Crippen molar-refractivity contribution in [1.29, 1.82) is 0 Å². The summed E-state index contributed by atoms with van der Waals surface area (Å²) in [6.45, 7) is 1.52. The van der Waals surface area contributed by atoms with Crippen LogP contribution in [0.3, 0.4) is 0 Å². The molecule has 1 N–H and O–H groups in total. The number of rotatable bonds is 3. The smallest absolute Gasteiger partial charge is 0.317 e. The summed E-state index contributed by atoms with van der Waals surface area (Å²) < 4.78 is 0. The number of nitrogens with zero attached hydrogens (tertiary/aromatic N) is 2. The van der Waals surface area contributed by atoms with Gasteiger partial charge in [0.15, 0.2) is 0 Å². The number of amides is 3. The minimum atomic E-state index is -0.132. The number of likely N-dealkylation sites (N-methyl/N-ethyl adjacent to an activating group) is 1. The van der Waals surface area contributed by atoms with Crippen molar-refractivity contribution < 1.29 is 9.59 Å². The largest absolute Gasteiger partial charge is 0.336 e. The number of hydrogen-bond acceptors (Lipinski definition) is 2. The molecule has 5 nitrogen and oxygen atoms in total. The van der Waals surface area contributed by atoms with Gasteiger partial charge in [-0.2, -0.15) is 0 Å². The normalized spacial score (nSPS) is 18.0. The third-order valence-corrected chi connectivity index (χ3v) is 5.14. The third-order valence-electron chi connectivity index (χ3n) is 5.14. The van der Waals surface area contributed by atoms with E-state index in [0.717, 1.165) is 25.8 Å². The summed E-state index contributed by atoms with van der Waals surface area (Å²) in [5.41, 5.74) is 2.54. The lowest BCUT2D eigenvalue weighted by molar-refractivity contribution is -0.132. The minimum Gasteiger partial charge on any atom is -0.336 e. The average molecular weight is 329 g/mol. The summed E-state index contributed by atoms with van der Waals surface area (Å²) in [5, 5.41) is 3.06. The van der Waals surface area contributed by atoms with Crippen LogP contribution in [-0.2, 0) is 17.8 Å². The molecule has 1 aliphatic heterocycles. The molecule has 24 heavy (non-hydrogen) atoms. The lowest BCUT2D eigenvalue weighted by Crippen LogP contribution is -2.48. The van der Waals surface area contributed by atoms with E-state index in [9.17, 15) is 9.59 Å². The Morgan fingerprint density at radius 1 is 1.17 bits per heavy atom. The maximum atomic E-state index is 12.5. The number of urea groups is 1. The average Bonchev–Trinajstić information content (AvgIpc) is 2.62. The van der Waals surface area contributed by atoms with Crippen LogP contribution >= 0.6 is 0 Å². The molecular formula is C19H27N3O2. The molecule has 1 saturated carbocycles. The first-order valence-corrected chi connectivity index (χ1v) is 8.99. The fourth-order valence-corrected chi connectivity index (χ4v) is 3.62. The van der Waals surface area contributed by atoms with E-state index in [1.807, 2.05) is 17.0 Å². The summed E-state index contributed by atoms with van der Waals surface area (Å²) in [7, 11) is 1.70. The summed E-state index contributed by atoms with van der Waals surface area (Å²) in [6.07, 6.45) is 6.62. The summed E-state index contributed by atoms with van der Waals surface area (Å²) in [4.78, 5) is 28.2. The predicted molar refractivity (Wildman–Crippen MR) is 93.6 cm³/mol. The predicted octanol–water partition coefficient (Wildman–Crippen LogP) is 2.55. The molecule has 3 rings (SSSR count). The topological polar surface area (TPSA) is 52.7 Å². The van der Waals surface area contributed by atoms with Gasteiger partial charge in [0, 0.05) is 26.2 Å². The Balaban J connectivity index is 1.50. The maximum Gasteiger partial charge on any atom is 0.317 e. The molecule has 1 fully saturated rings. The first-order valence-electron chi connectivity index (χ1n) is 8.99. The molecule has 0 spiro atoms. The van der Waals surface area contributed by atoms with Crippen molar-refractivity contribution in [2.45, 2.75) is 51.1 Å². The number of benzene rings is 1. The highest BCUT2D eigenvalue weighted by atomic mass is 16.2. The van der Waals surface area contributed by atoms with Crippen LogP contribution in [0, 0.1) is 0 Å². The Morgan fingerprint density at radius 2 is 1.88 bits per heavy atom. The van der Waals surface area contributed by atoms with Gasteiger partial charge in [0.25, 0.3) is 0 Å². The zero-order valence-electron chi connectivity index (χ0n) is 14.5. The molecule has 5 heteroatoms. The van der Waals surface area contributed by atoms with E-state index in [1.165, 1.54) is 35.3 Å². The van der Waals surface area contributed by atoms with E-state index in [1.54, 1.807) is 7.05 Å². The highest BCUT2D eigenvalue weighted by Gasteiger charge is 2.24. The molecule has 0 bridgehead atoms.